The molecule has 1 aromatic carbocycles. The molecule has 170 valence electrons. The first kappa shape index (κ1) is 21.9. The van der Waals surface area contributed by atoms with Crippen molar-refractivity contribution in [2.24, 2.45) is 0 Å². The first-order chi connectivity index (χ1) is 15.2. The highest BCUT2D eigenvalue weighted by atomic mass is 32.2. The molecule has 32 heavy (non-hydrogen) atoms. The zero-order valence-electron chi connectivity index (χ0n) is 17.9. The Morgan fingerprint density at radius 3 is 2.84 bits per heavy atom. The number of fused-ring (bicyclic) bond motifs is 1. The number of nitrogens with one attached hydrogen (secondary N) is 2. The highest BCUT2D eigenvalue weighted by Gasteiger charge is 2.25. The molecule has 0 radical (unpaired) electrons. The lowest BCUT2D eigenvalue weighted by atomic mass is 9.90. The molecule has 3 aromatic rings. The number of H-pyrrole nitrogens is 1. The standard InChI is InChI=1S/C21H25N5O5S/c1-31-21(28)25-8-3-4-15(12-25)14-5-6-17-18(10-14)24-19(23-17)11-22-20(27)16-7-9-26(13-16)32(2,29)30/h5-7,9-10,13,15H,3-4,8,11-12H2,1-2H3,(H,22,27)(H,23,24)/t15-/m0/s1. The van der Waals surface area contributed by atoms with Crippen LogP contribution in [0.4, 0.5) is 4.79 Å². The molecule has 1 fully saturated rings. The molecule has 1 aliphatic rings. The van der Waals surface area contributed by atoms with Gasteiger partial charge in [-0.2, -0.15) is 0 Å². The van der Waals surface area contributed by atoms with Crippen molar-refractivity contribution < 1.29 is 22.7 Å². The van der Waals surface area contributed by atoms with Crippen molar-refractivity contribution in [3.05, 3.63) is 53.6 Å². The summed E-state index contributed by atoms with van der Waals surface area (Å²) in [5.74, 6) is 0.420. The zero-order chi connectivity index (χ0) is 22.9. The minimum absolute atomic E-state index is 0.173. The van der Waals surface area contributed by atoms with Gasteiger partial charge < -0.3 is 19.9 Å². The summed E-state index contributed by atoms with van der Waals surface area (Å²) in [5, 5.41) is 2.74. The number of carbonyl (C=O) groups excluding carboxylic acids is 2. The number of carbonyl (C=O) groups is 2. The maximum atomic E-state index is 12.3. The molecule has 1 atom stereocenters. The van der Waals surface area contributed by atoms with Crippen molar-refractivity contribution in [1.82, 2.24) is 24.2 Å². The molecule has 0 saturated carbocycles. The van der Waals surface area contributed by atoms with E-state index >= 15 is 0 Å². The Balaban J connectivity index is 1.43. The topological polar surface area (TPSA) is 126 Å². The van der Waals surface area contributed by atoms with Crippen LogP contribution >= 0.6 is 0 Å². The molecule has 0 spiro atoms. The maximum Gasteiger partial charge on any atom is 0.409 e. The van der Waals surface area contributed by atoms with Crippen LogP contribution in [-0.2, 0) is 21.3 Å². The number of nitrogens with zero attached hydrogens (tertiary/aromatic N) is 3. The summed E-state index contributed by atoms with van der Waals surface area (Å²) >= 11 is 0. The normalized spacial score (nSPS) is 16.8. The van der Waals surface area contributed by atoms with Gasteiger partial charge in [0.25, 0.3) is 5.91 Å². The lowest BCUT2D eigenvalue weighted by Crippen LogP contribution is -2.38. The van der Waals surface area contributed by atoms with E-state index in [-0.39, 0.29) is 24.1 Å². The summed E-state index contributed by atoms with van der Waals surface area (Å²) in [5.41, 5.74) is 3.00. The van der Waals surface area contributed by atoms with E-state index in [0.29, 0.717) is 18.9 Å². The van der Waals surface area contributed by atoms with Gasteiger partial charge in [0.2, 0.25) is 10.0 Å². The monoisotopic (exact) mass is 459 g/mol. The summed E-state index contributed by atoms with van der Waals surface area (Å²) < 4.78 is 28.9. The number of ether oxygens (including phenoxy) is 1. The molecular formula is C21H25N5O5S. The first-order valence-corrected chi connectivity index (χ1v) is 12.1. The van der Waals surface area contributed by atoms with Crippen LogP contribution in [0.3, 0.4) is 0 Å². The van der Waals surface area contributed by atoms with Gasteiger partial charge in [-0.15, -0.1) is 0 Å². The molecule has 2 amide bonds. The molecule has 0 bridgehead atoms. The van der Waals surface area contributed by atoms with E-state index in [0.717, 1.165) is 39.7 Å². The van der Waals surface area contributed by atoms with Crippen molar-refractivity contribution in [3.63, 3.8) is 0 Å². The summed E-state index contributed by atoms with van der Waals surface area (Å²) in [6.07, 6.45) is 5.28. The minimum Gasteiger partial charge on any atom is -0.453 e. The fourth-order valence-corrected chi connectivity index (χ4v) is 4.53. The van der Waals surface area contributed by atoms with Crippen LogP contribution in [0.15, 0.2) is 36.7 Å². The second-order valence-electron chi connectivity index (χ2n) is 7.89. The van der Waals surface area contributed by atoms with Gasteiger partial charge in [-0.1, -0.05) is 6.07 Å². The fraction of sp³-hybridized carbons (Fsp3) is 0.381. The number of piperidine rings is 1. The molecule has 1 saturated heterocycles. The molecule has 2 aromatic heterocycles. The summed E-state index contributed by atoms with van der Waals surface area (Å²) in [6, 6.07) is 7.43. The van der Waals surface area contributed by atoms with Gasteiger partial charge in [0.15, 0.2) is 0 Å². The van der Waals surface area contributed by atoms with Crippen LogP contribution in [-0.4, -0.2) is 65.7 Å². The Hall–Kier alpha value is -3.34. The largest absolute Gasteiger partial charge is 0.453 e. The van der Waals surface area contributed by atoms with Crippen molar-refractivity contribution in [2.75, 3.05) is 26.5 Å². The molecule has 3 heterocycles. The predicted molar refractivity (Wildman–Crippen MR) is 118 cm³/mol. The second-order valence-corrected chi connectivity index (χ2v) is 9.78. The third-order valence-electron chi connectivity index (χ3n) is 5.61. The van der Waals surface area contributed by atoms with E-state index in [1.807, 2.05) is 18.2 Å². The number of aromatic nitrogens is 3. The first-order valence-electron chi connectivity index (χ1n) is 10.2. The fourth-order valence-electron chi connectivity index (χ4n) is 3.95. The molecule has 2 N–H and O–H groups in total. The molecular weight excluding hydrogens is 434 g/mol. The molecule has 4 rings (SSSR count). The van der Waals surface area contributed by atoms with Gasteiger partial charge in [0.1, 0.15) is 5.82 Å². The number of amides is 2. The van der Waals surface area contributed by atoms with Gasteiger partial charge in [-0.3, -0.25) is 8.77 Å². The predicted octanol–water partition coefficient (Wildman–Crippen LogP) is 2.05. The third-order valence-corrected chi connectivity index (χ3v) is 6.60. The Labute approximate surface area is 185 Å². The van der Waals surface area contributed by atoms with Crippen LogP contribution in [0.2, 0.25) is 0 Å². The third kappa shape index (κ3) is 4.62. The van der Waals surface area contributed by atoms with Crippen LogP contribution < -0.4 is 5.32 Å². The van der Waals surface area contributed by atoms with Gasteiger partial charge >= 0.3 is 6.09 Å². The highest BCUT2D eigenvalue weighted by Crippen LogP contribution is 2.29. The maximum absolute atomic E-state index is 12.3. The minimum atomic E-state index is -3.43. The van der Waals surface area contributed by atoms with Gasteiger partial charge in [0.05, 0.1) is 36.5 Å². The van der Waals surface area contributed by atoms with E-state index in [2.05, 4.69) is 15.3 Å². The molecule has 1 aliphatic heterocycles. The zero-order valence-corrected chi connectivity index (χ0v) is 18.7. The number of imidazole rings is 1. The Morgan fingerprint density at radius 1 is 1.31 bits per heavy atom. The average Bonchev–Trinajstić information content (AvgIpc) is 3.43. The number of benzene rings is 1. The van der Waals surface area contributed by atoms with E-state index in [1.165, 1.54) is 25.6 Å². The SMILES string of the molecule is COC(=O)N1CCC[C@H](c2ccc3nc(CNC(=O)c4ccn(S(C)(=O)=O)c4)[nH]c3c2)C1. The van der Waals surface area contributed by atoms with E-state index < -0.39 is 15.9 Å². The summed E-state index contributed by atoms with van der Waals surface area (Å²) in [4.78, 5) is 33.7. The lowest BCUT2D eigenvalue weighted by Gasteiger charge is -2.31. The summed E-state index contributed by atoms with van der Waals surface area (Å²) in [6.45, 7) is 1.49. The molecule has 0 unspecified atom stereocenters. The van der Waals surface area contributed by atoms with Crippen molar-refractivity contribution in [1.29, 1.82) is 0 Å². The van der Waals surface area contributed by atoms with Crippen molar-refractivity contribution in [2.45, 2.75) is 25.3 Å². The number of aromatic amines is 1. The van der Waals surface area contributed by atoms with Gasteiger partial charge in [-0.05, 0) is 36.6 Å². The second kappa shape index (κ2) is 8.65. The highest BCUT2D eigenvalue weighted by molar-refractivity contribution is 7.89. The molecule has 10 nitrogen and oxygen atoms in total. The van der Waals surface area contributed by atoms with Crippen LogP contribution in [0, 0.1) is 0 Å². The number of rotatable bonds is 5. The van der Waals surface area contributed by atoms with Crippen molar-refractivity contribution >= 4 is 33.1 Å². The van der Waals surface area contributed by atoms with Crippen LogP contribution in [0.5, 0.6) is 0 Å². The molecule has 0 aliphatic carbocycles. The van der Waals surface area contributed by atoms with Crippen LogP contribution in [0.1, 0.15) is 40.5 Å². The average molecular weight is 460 g/mol. The smallest absolute Gasteiger partial charge is 0.409 e. The van der Waals surface area contributed by atoms with Gasteiger partial charge in [0, 0.05) is 31.4 Å². The quantitative estimate of drug-likeness (QED) is 0.601. The Morgan fingerprint density at radius 2 is 2.12 bits per heavy atom. The molecule has 11 heteroatoms. The number of hydrogen-bond acceptors (Lipinski definition) is 6. The van der Waals surface area contributed by atoms with E-state index in [1.54, 1.807) is 4.90 Å². The number of hydrogen-bond donors (Lipinski definition) is 2. The van der Waals surface area contributed by atoms with Gasteiger partial charge in [-0.25, -0.2) is 18.2 Å². The Kier molecular flexibility index (Phi) is 5.92. The van der Waals surface area contributed by atoms with E-state index in [4.69, 9.17) is 4.74 Å². The van der Waals surface area contributed by atoms with E-state index in [9.17, 15) is 18.0 Å². The lowest BCUT2D eigenvalue weighted by molar-refractivity contribution is 0.0950. The number of methoxy groups -OCH3 is 1. The summed E-state index contributed by atoms with van der Waals surface area (Å²) in [7, 11) is -2.04. The van der Waals surface area contributed by atoms with Crippen molar-refractivity contribution in [3.8, 4) is 0 Å². The Bertz CT molecular complexity index is 1260. The number of likely N-dealkylation sites (tertiary alicyclic amines) is 1. The van der Waals surface area contributed by atoms with Crippen LogP contribution in [0.25, 0.3) is 11.0 Å².